The SMILES string of the molecule is FC1(F)Oc2ccc(Cl)cc2OC1(F)F. The van der Waals surface area contributed by atoms with E-state index < -0.39 is 23.7 Å². The summed E-state index contributed by atoms with van der Waals surface area (Å²) < 4.78 is 58.2. The molecular weight excluding hydrogens is 240 g/mol. The van der Waals surface area contributed by atoms with Crippen molar-refractivity contribution in [2.45, 2.75) is 12.2 Å². The van der Waals surface area contributed by atoms with Crippen molar-refractivity contribution in [3.8, 4) is 11.5 Å². The Balaban J connectivity index is 2.47. The lowest BCUT2D eigenvalue weighted by Gasteiger charge is -2.31. The first kappa shape index (κ1) is 10.4. The summed E-state index contributed by atoms with van der Waals surface area (Å²) >= 11 is 5.47. The topological polar surface area (TPSA) is 18.5 Å². The third-order valence-corrected chi connectivity index (χ3v) is 1.96. The number of benzene rings is 1. The minimum absolute atomic E-state index is 0.0818. The highest BCUT2D eigenvalue weighted by Crippen LogP contribution is 2.47. The van der Waals surface area contributed by atoms with Gasteiger partial charge >= 0.3 is 12.2 Å². The molecule has 1 heterocycles. The number of halogens is 5. The molecule has 1 aliphatic heterocycles. The first-order valence-corrected chi connectivity index (χ1v) is 4.13. The van der Waals surface area contributed by atoms with Gasteiger partial charge in [0, 0.05) is 11.1 Å². The van der Waals surface area contributed by atoms with E-state index in [0.29, 0.717) is 0 Å². The fourth-order valence-electron chi connectivity index (χ4n) is 1.04. The summed E-state index contributed by atoms with van der Waals surface area (Å²) in [5.41, 5.74) is 0. The second kappa shape index (κ2) is 2.91. The monoisotopic (exact) mass is 242 g/mol. The van der Waals surface area contributed by atoms with Gasteiger partial charge in [0.15, 0.2) is 11.5 Å². The molecule has 0 radical (unpaired) electrons. The smallest absolute Gasteiger partial charge is 0.421 e. The van der Waals surface area contributed by atoms with Crippen molar-refractivity contribution < 1.29 is 27.0 Å². The molecule has 0 unspecified atom stereocenters. The Morgan fingerprint density at radius 2 is 1.47 bits per heavy atom. The lowest BCUT2D eigenvalue weighted by Crippen LogP contribution is -2.52. The Morgan fingerprint density at radius 3 is 2.07 bits per heavy atom. The third-order valence-electron chi connectivity index (χ3n) is 1.72. The van der Waals surface area contributed by atoms with Gasteiger partial charge in [-0.1, -0.05) is 11.6 Å². The molecule has 1 aromatic carbocycles. The van der Waals surface area contributed by atoms with Gasteiger partial charge in [-0.2, -0.15) is 17.6 Å². The van der Waals surface area contributed by atoms with Crippen molar-refractivity contribution >= 4 is 11.6 Å². The summed E-state index contributed by atoms with van der Waals surface area (Å²) in [7, 11) is 0. The van der Waals surface area contributed by atoms with Crippen molar-refractivity contribution in [3.05, 3.63) is 23.2 Å². The molecule has 0 aliphatic carbocycles. The third kappa shape index (κ3) is 1.58. The van der Waals surface area contributed by atoms with Gasteiger partial charge in [-0.25, -0.2) is 0 Å². The molecule has 0 spiro atoms. The van der Waals surface area contributed by atoms with E-state index >= 15 is 0 Å². The van der Waals surface area contributed by atoms with E-state index in [0.717, 1.165) is 12.1 Å². The molecule has 15 heavy (non-hydrogen) atoms. The number of hydrogen-bond acceptors (Lipinski definition) is 2. The van der Waals surface area contributed by atoms with Crippen LogP contribution in [0.1, 0.15) is 0 Å². The predicted octanol–water partition coefficient (Wildman–Crippen LogP) is 3.30. The van der Waals surface area contributed by atoms with Crippen molar-refractivity contribution in [2.24, 2.45) is 0 Å². The molecule has 0 fully saturated rings. The molecule has 0 N–H and O–H groups in total. The fraction of sp³-hybridized carbons (Fsp3) is 0.250. The maximum Gasteiger partial charge on any atom is 0.507 e. The van der Waals surface area contributed by atoms with Crippen LogP contribution in [0.2, 0.25) is 5.02 Å². The van der Waals surface area contributed by atoms with Crippen molar-refractivity contribution in [2.75, 3.05) is 0 Å². The van der Waals surface area contributed by atoms with Gasteiger partial charge in [-0.05, 0) is 12.1 Å². The number of fused-ring (bicyclic) bond motifs is 1. The molecule has 0 aromatic heterocycles. The first-order valence-electron chi connectivity index (χ1n) is 3.75. The Labute approximate surface area is 86.3 Å². The predicted molar refractivity (Wildman–Crippen MR) is 42.6 cm³/mol. The molecule has 82 valence electrons. The Morgan fingerprint density at radius 1 is 0.933 bits per heavy atom. The van der Waals surface area contributed by atoms with Crippen LogP contribution in [0.15, 0.2) is 18.2 Å². The van der Waals surface area contributed by atoms with E-state index in [9.17, 15) is 17.6 Å². The zero-order chi connectivity index (χ0) is 11.3. The van der Waals surface area contributed by atoms with E-state index in [2.05, 4.69) is 9.47 Å². The minimum atomic E-state index is -4.70. The Hall–Kier alpha value is -1.17. The van der Waals surface area contributed by atoms with Crippen molar-refractivity contribution in [1.29, 1.82) is 0 Å². The maximum absolute atomic E-state index is 12.7. The lowest BCUT2D eigenvalue weighted by molar-refractivity contribution is -0.391. The summed E-state index contributed by atoms with van der Waals surface area (Å²) in [5.74, 6) is -0.992. The highest BCUT2D eigenvalue weighted by Gasteiger charge is 2.65. The minimum Gasteiger partial charge on any atom is -0.421 e. The summed E-state index contributed by atoms with van der Waals surface area (Å²) in [4.78, 5) is 0. The number of hydrogen-bond donors (Lipinski definition) is 0. The van der Waals surface area contributed by atoms with Gasteiger partial charge < -0.3 is 9.47 Å². The second-order valence-electron chi connectivity index (χ2n) is 2.83. The first-order chi connectivity index (χ1) is 6.82. The summed E-state index contributed by atoms with van der Waals surface area (Å²) in [6, 6.07) is 3.23. The zero-order valence-corrected chi connectivity index (χ0v) is 7.69. The quantitative estimate of drug-likeness (QED) is 0.650. The molecule has 2 rings (SSSR count). The van der Waals surface area contributed by atoms with Gasteiger partial charge in [0.25, 0.3) is 0 Å². The summed E-state index contributed by atoms with van der Waals surface area (Å²) in [5, 5.41) is 0.0818. The van der Waals surface area contributed by atoms with Gasteiger partial charge in [0.2, 0.25) is 0 Å². The highest BCUT2D eigenvalue weighted by molar-refractivity contribution is 6.30. The van der Waals surface area contributed by atoms with E-state index in [-0.39, 0.29) is 5.02 Å². The number of alkyl halides is 4. The van der Waals surface area contributed by atoms with Crippen LogP contribution in [0.5, 0.6) is 11.5 Å². The van der Waals surface area contributed by atoms with Crippen LogP contribution in [0.4, 0.5) is 17.6 Å². The average Bonchev–Trinajstić information content (AvgIpc) is 2.07. The van der Waals surface area contributed by atoms with Crippen LogP contribution in [-0.2, 0) is 0 Å². The molecule has 0 saturated heterocycles. The average molecular weight is 243 g/mol. The van der Waals surface area contributed by atoms with Crippen molar-refractivity contribution in [1.82, 2.24) is 0 Å². The molecular formula is C8H3ClF4O2. The van der Waals surface area contributed by atoms with Crippen LogP contribution in [0.25, 0.3) is 0 Å². The Bertz CT molecular complexity index is 408. The van der Waals surface area contributed by atoms with Crippen LogP contribution < -0.4 is 9.47 Å². The summed E-state index contributed by atoms with van der Waals surface area (Å²) in [6.07, 6.45) is -9.39. The molecule has 0 amide bonds. The van der Waals surface area contributed by atoms with Gasteiger partial charge in [-0.15, -0.1) is 0 Å². The van der Waals surface area contributed by atoms with E-state index in [1.165, 1.54) is 6.07 Å². The van der Waals surface area contributed by atoms with Gasteiger partial charge in [0.05, 0.1) is 0 Å². The normalized spacial score (nSPS) is 21.1. The van der Waals surface area contributed by atoms with E-state index in [1.807, 2.05) is 0 Å². The van der Waals surface area contributed by atoms with E-state index in [1.54, 1.807) is 0 Å². The molecule has 0 atom stereocenters. The number of rotatable bonds is 0. The van der Waals surface area contributed by atoms with E-state index in [4.69, 9.17) is 11.6 Å². The molecule has 0 saturated carbocycles. The highest BCUT2D eigenvalue weighted by atomic mass is 35.5. The summed E-state index contributed by atoms with van der Waals surface area (Å²) in [6.45, 7) is 0. The van der Waals surface area contributed by atoms with Crippen LogP contribution in [0.3, 0.4) is 0 Å². The molecule has 1 aromatic rings. The van der Waals surface area contributed by atoms with Gasteiger partial charge in [-0.3, -0.25) is 0 Å². The van der Waals surface area contributed by atoms with Crippen LogP contribution in [0, 0.1) is 0 Å². The van der Waals surface area contributed by atoms with Crippen LogP contribution >= 0.6 is 11.6 Å². The fourth-order valence-corrected chi connectivity index (χ4v) is 1.20. The standard InChI is InChI=1S/C8H3ClF4O2/c9-4-1-2-5-6(3-4)15-8(12,13)7(10,11)14-5/h1-3H. The molecule has 1 aliphatic rings. The Kier molecular flexibility index (Phi) is 2.01. The van der Waals surface area contributed by atoms with Crippen LogP contribution in [-0.4, -0.2) is 12.2 Å². The number of ether oxygens (including phenoxy) is 2. The van der Waals surface area contributed by atoms with Gasteiger partial charge in [0.1, 0.15) is 0 Å². The molecule has 2 nitrogen and oxygen atoms in total. The molecule has 7 heteroatoms. The molecule has 0 bridgehead atoms. The zero-order valence-electron chi connectivity index (χ0n) is 6.94. The largest absolute Gasteiger partial charge is 0.507 e. The maximum atomic E-state index is 12.7. The van der Waals surface area contributed by atoms with Crippen molar-refractivity contribution in [3.63, 3.8) is 0 Å². The lowest BCUT2D eigenvalue weighted by atomic mass is 10.3. The second-order valence-corrected chi connectivity index (χ2v) is 3.27.